The molecule has 0 heterocycles. The van der Waals surface area contributed by atoms with Crippen LogP contribution in [-0.2, 0) is 11.2 Å². The maximum atomic E-state index is 10.9. The van der Waals surface area contributed by atoms with E-state index >= 15 is 0 Å². The molecule has 1 aromatic carbocycles. The van der Waals surface area contributed by atoms with Crippen molar-refractivity contribution >= 4 is 22.2 Å². The van der Waals surface area contributed by atoms with E-state index in [1.165, 1.54) is 22.0 Å². The minimum absolute atomic E-state index is 0.137. The fourth-order valence-corrected chi connectivity index (χ4v) is 3.06. The van der Waals surface area contributed by atoms with E-state index in [9.17, 15) is 4.79 Å². The van der Waals surface area contributed by atoms with Crippen LogP contribution in [0.25, 0.3) is 0 Å². The molecule has 2 heteroatoms. The Bertz CT molecular complexity index is 373. The third kappa shape index (κ3) is 2.00. The first-order chi connectivity index (χ1) is 7.24. The molecule has 2 unspecified atom stereocenters. The molecule has 0 saturated heterocycles. The fourth-order valence-electron chi connectivity index (χ4n) is 2.48. The number of hydrogen-bond donors (Lipinski definition) is 0. The van der Waals surface area contributed by atoms with Crippen molar-refractivity contribution in [3.63, 3.8) is 0 Å². The van der Waals surface area contributed by atoms with Crippen LogP contribution in [0.3, 0.4) is 0 Å². The number of carbonyl (C=O) groups excluding carboxylic acids is 1. The zero-order valence-electron chi connectivity index (χ0n) is 8.87. The molecule has 1 aromatic rings. The van der Waals surface area contributed by atoms with Crippen molar-refractivity contribution in [2.24, 2.45) is 5.92 Å². The van der Waals surface area contributed by atoms with Crippen molar-refractivity contribution in [3.05, 3.63) is 33.8 Å². The first-order valence-corrected chi connectivity index (χ1v) is 6.26. The number of aldehydes is 1. The lowest BCUT2D eigenvalue weighted by Gasteiger charge is -2.28. The number of carbonyl (C=O) groups is 1. The van der Waals surface area contributed by atoms with Gasteiger partial charge in [0.25, 0.3) is 0 Å². The zero-order valence-corrected chi connectivity index (χ0v) is 10.5. The second kappa shape index (κ2) is 4.48. The van der Waals surface area contributed by atoms with Gasteiger partial charge in [-0.15, -0.1) is 0 Å². The van der Waals surface area contributed by atoms with Gasteiger partial charge >= 0.3 is 0 Å². The Kier molecular flexibility index (Phi) is 3.25. The third-order valence-corrected chi connectivity index (χ3v) is 4.09. The molecular formula is C13H15BrO. The average Bonchev–Trinajstić information content (AvgIpc) is 2.28. The summed E-state index contributed by atoms with van der Waals surface area (Å²) in [6.45, 7) is 2.02. The molecule has 15 heavy (non-hydrogen) atoms. The number of hydrogen-bond acceptors (Lipinski definition) is 1. The number of halogens is 1. The molecule has 1 nitrogen and oxygen atoms in total. The second-order valence-corrected chi connectivity index (χ2v) is 5.16. The Morgan fingerprint density at radius 1 is 1.53 bits per heavy atom. The van der Waals surface area contributed by atoms with Crippen LogP contribution in [0.5, 0.6) is 0 Å². The van der Waals surface area contributed by atoms with Crippen LogP contribution in [0.1, 0.15) is 36.8 Å². The molecule has 0 N–H and O–H groups in total. The van der Waals surface area contributed by atoms with Crippen LogP contribution < -0.4 is 0 Å². The quantitative estimate of drug-likeness (QED) is 0.746. The zero-order chi connectivity index (χ0) is 10.8. The predicted octanol–water partition coefficient (Wildman–Crippen LogP) is 3.70. The van der Waals surface area contributed by atoms with Gasteiger partial charge in [0.05, 0.1) is 0 Å². The molecular weight excluding hydrogens is 252 g/mol. The highest BCUT2D eigenvalue weighted by molar-refractivity contribution is 9.10. The minimum atomic E-state index is 0.137. The molecule has 2 atom stereocenters. The monoisotopic (exact) mass is 266 g/mol. The maximum absolute atomic E-state index is 10.9. The fraction of sp³-hybridized carbons (Fsp3) is 0.462. The molecule has 2 rings (SSSR count). The molecule has 0 aliphatic heterocycles. The van der Waals surface area contributed by atoms with E-state index in [4.69, 9.17) is 0 Å². The number of benzene rings is 1. The molecule has 0 fully saturated rings. The first kappa shape index (κ1) is 10.9. The minimum Gasteiger partial charge on any atom is -0.303 e. The normalized spacial score (nSPS) is 21.9. The van der Waals surface area contributed by atoms with Gasteiger partial charge in [0, 0.05) is 10.4 Å². The standard InChI is InChI=1S/C13H15BrO/c1-9(8-15)10-4-2-6-12-11(10)5-3-7-13(12)14/h3,5,7-10H,2,4,6H2,1H3. The molecule has 0 bridgehead atoms. The summed E-state index contributed by atoms with van der Waals surface area (Å²) >= 11 is 3.59. The van der Waals surface area contributed by atoms with Gasteiger partial charge in [0.1, 0.15) is 6.29 Å². The van der Waals surface area contributed by atoms with Gasteiger partial charge in [-0.3, -0.25) is 0 Å². The highest BCUT2D eigenvalue weighted by atomic mass is 79.9. The van der Waals surface area contributed by atoms with Crippen LogP contribution in [-0.4, -0.2) is 6.29 Å². The lowest BCUT2D eigenvalue weighted by Crippen LogP contribution is -2.17. The van der Waals surface area contributed by atoms with E-state index in [1.807, 2.05) is 6.92 Å². The van der Waals surface area contributed by atoms with Gasteiger partial charge < -0.3 is 4.79 Å². The Balaban J connectivity index is 2.42. The van der Waals surface area contributed by atoms with Crippen molar-refractivity contribution in [3.8, 4) is 0 Å². The summed E-state index contributed by atoms with van der Waals surface area (Å²) in [7, 11) is 0. The van der Waals surface area contributed by atoms with Gasteiger partial charge in [0.15, 0.2) is 0 Å². The van der Waals surface area contributed by atoms with Gasteiger partial charge in [-0.25, -0.2) is 0 Å². The molecule has 0 radical (unpaired) electrons. The summed E-state index contributed by atoms with van der Waals surface area (Å²) in [6, 6.07) is 6.33. The van der Waals surface area contributed by atoms with Crippen LogP contribution in [0, 0.1) is 5.92 Å². The largest absolute Gasteiger partial charge is 0.303 e. The van der Waals surface area contributed by atoms with Gasteiger partial charge in [0.2, 0.25) is 0 Å². The summed E-state index contributed by atoms with van der Waals surface area (Å²) in [6.07, 6.45) is 4.56. The molecule has 0 amide bonds. The predicted molar refractivity (Wildman–Crippen MR) is 65.0 cm³/mol. The smallest absolute Gasteiger partial charge is 0.123 e. The molecule has 0 spiro atoms. The van der Waals surface area contributed by atoms with Crippen molar-refractivity contribution in [2.75, 3.05) is 0 Å². The third-order valence-electron chi connectivity index (χ3n) is 3.35. The molecule has 80 valence electrons. The Hall–Kier alpha value is -0.630. The van der Waals surface area contributed by atoms with Crippen LogP contribution in [0.15, 0.2) is 22.7 Å². The van der Waals surface area contributed by atoms with E-state index in [0.29, 0.717) is 5.92 Å². The highest BCUT2D eigenvalue weighted by Crippen LogP contribution is 2.38. The molecule has 1 aliphatic carbocycles. The van der Waals surface area contributed by atoms with Gasteiger partial charge in [-0.2, -0.15) is 0 Å². The van der Waals surface area contributed by atoms with E-state index in [2.05, 4.69) is 34.1 Å². The van der Waals surface area contributed by atoms with E-state index in [-0.39, 0.29) is 5.92 Å². The second-order valence-electron chi connectivity index (χ2n) is 4.30. The number of rotatable bonds is 2. The highest BCUT2D eigenvalue weighted by Gasteiger charge is 2.25. The first-order valence-electron chi connectivity index (χ1n) is 5.46. The van der Waals surface area contributed by atoms with Gasteiger partial charge in [-0.05, 0) is 42.4 Å². The molecule has 0 aromatic heterocycles. The van der Waals surface area contributed by atoms with Crippen LogP contribution in [0.2, 0.25) is 0 Å². The van der Waals surface area contributed by atoms with Crippen molar-refractivity contribution in [1.82, 2.24) is 0 Å². The van der Waals surface area contributed by atoms with E-state index in [0.717, 1.165) is 19.1 Å². The Morgan fingerprint density at radius 3 is 3.07 bits per heavy atom. The van der Waals surface area contributed by atoms with Crippen LogP contribution >= 0.6 is 15.9 Å². The number of fused-ring (bicyclic) bond motifs is 1. The topological polar surface area (TPSA) is 17.1 Å². The van der Waals surface area contributed by atoms with Gasteiger partial charge in [-0.1, -0.05) is 35.0 Å². The lowest BCUT2D eigenvalue weighted by atomic mass is 9.77. The van der Waals surface area contributed by atoms with Crippen molar-refractivity contribution < 1.29 is 4.79 Å². The van der Waals surface area contributed by atoms with E-state index in [1.54, 1.807) is 0 Å². The van der Waals surface area contributed by atoms with Crippen molar-refractivity contribution in [1.29, 1.82) is 0 Å². The molecule has 0 saturated carbocycles. The maximum Gasteiger partial charge on any atom is 0.123 e. The average molecular weight is 267 g/mol. The summed E-state index contributed by atoms with van der Waals surface area (Å²) in [5, 5.41) is 0. The van der Waals surface area contributed by atoms with Crippen LogP contribution in [0.4, 0.5) is 0 Å². The summed E-state index contributed by atoms with van der Waals surface area (Å²) in [5.74, 6) is 0.557. The summed E-state index contributed by atoms with van der Waals surface area (Å²) < 4.78 is 1.20. The summed E-state index contributed by atoms with van der Waals surface area (Å²) in [5.41, 5.74) is 2.78. The summed E-state index contributed by atoms with van der Waals surface area (Å²) in [4.78, 5) is 10.9. The van der Waals surface area contributed by atoms with E-state index < -0.39 is 0 Å². The Labute approximate surface area is 99.0 Å². The SMILES string of the molecule is CC(C=O)C1CCCc2c(Br)cccc21. The lowest BCUT2D eigenvalue weighted by molar-refractivity contribution is -0.111. The molecule has 1 aliphatic rings. The Morgan fingerprint density at radius 2 is 2.33 bits per heavy atom. The van der Waals surface area contributed by atoms with Crippen molar-refractivity contribution in [2.45, 2.75) is 32.1 Å².